The Bertz CT molecular complexity index is 769. The van der Waals surface area contributed by atoms with E-state index in [1.165, 1.54) is 6.07 Å². The Kier molecular flexibility index (Phi) is 6.97. The molecule has 1 aromatic heterocycles. The largest absolute Gasteiger partial charge is 0.354 e. The van der Waals surface area contributed by atoms with E-state index in [1.54, 1.807) is 25.6 Å². The molecule has 0 spiro atoms. The summed E-state index contributed by atoms with van der Waals surface area (Å²) in [4.78, 5) is 12.9. The van der Waals surface area contributed by atoms with Gasteiger partial charge in [0, 0.05) is 76.4 Å². The number of aromatic nitrogens is 2. The van der Waals surface area contributed by atoms with Crippen molar-refractivity contribution >= 4 is 5.96 Å². The van der Waals surface area contributed by atoms with Gasteiger partial charge in [-0.2, -0.15) is 0 Å². The van der Waals surface area contributed by atoms with Crippen molar-refractivity contribution in [3.8, 4) is 0 Å². The third kappa shape index (κ3) is 4.86. The molecule has 1 atom stereocenters. The van der Waals surface area contributed by atoms with Crippen molar-refractivity contribution in [3.05, 3.63) is 54.1 Å². The molecule has 1 aromatic carbocycles. The number of piperazine rings is 1. The normalized spacial score (nSPS) is 17.0. The third-order valence-electron chi connectivity index (χ3n) is 5.19. The molecule has 0 aliphatic carbocycles. The maximum absolute atomic E-state index is 14.2. The van der Waals surface area contributed by atoms with Crippen molar-refractivity contribution in [3.63, 3.8) is 0 Å². The highest BCUT2D eigenvalue weighted by Gasteiger charge is 2.27. The van der Waals surface area contributed by atoms with E-state index in [0.717, 1.165) is 57.7 Å². The number of nitrogens with one attached hydrogen (secondary N) is 1. The average molecular weight is 390 g/mol. The Hall–Kier alpha value is -2.48. The Labute approximate surface area is 164 Å². The number of nitrogens with zero attached hydrogens (tertiary/aromatic N) is 5. The molecule has 0 radical (unpaired) electrons. The number of aliphatic imine (C=N–C) groups is 1. The second-order valence-electron chi connectivity index (χ2n) is 6.89. The number of rotatable bonds is 6. The molecule has 8 heteroatoms. The quantitative estimate of drug-likeness (QED) is 0.608. The minimum absolute atomic E-state index is 0.0426. The Balaban J connectivity index is 1.54. The predicted molar refractivity (Wildman–Crippen MR) is 106 cm³/mol. The molecule has 1 unspecified atom stereocenters. The molecule has 1 fully saturated rings. The van der Waals surface area contributed by atoms with Gasteiger partial charge < -0.3 is 14.8 Å². The molecular formula is C20H28F2N6. The van der Waals surface area contributed by atoms with Crippen LogP contribution in [0.15, 0.2) is 41.9 Å². The number of halogens is 2. The highest BCUT2D eigenvalue weighted by molar-refractivity contribution is 5.79. The molecule has 2 aromatic rings. The summed E-state index contributed by atoms with van der Waals surface area (Å²) in [6.07, 6.45) is 6.27. The monoisotopic (exact) mass is 390 g/mol. The van der Waals surface area contributed by atoms with E-state index in [1.807, 2.05) is 17.7 Å². The maximum atomic E-state index is 14.2. The average Bonchev–Trinajstić information content (AvgIpc) is 3.22. The molecule has 0 bridgehead atoms. The van der Waals surface area contributed by atoms with Gasteiger partial charge in [0.15, 0.2) is 5.96 Å². The molecule has 0 saturated carbocycles. The Morgan fingerprint density at radius 2 is 2.04 bits per heavy atom. The van der Waals surface area contributed by atoms with Gasteiger partial charge in [-0.3, -0.25) is 9.89 Å². The first-order valence-corrected chi connectivity index (χ1v) is 9.72. The minimum Gasteiger partial charge on any atom is -0.354 e. The van der Waals surface area contributed by atoms with Crippen LogP contribution in [0.5, 0.6) is 0 Å². The summed E-state index contributed by atoms with van der Waals surface area (Å²) >= 11 is 0. The number of benzene rings is 1. The second-order valence-corrected chi connectivity index (χ2v) is 6.89. The fourth-order valence-electron chi connectivity index (χ4n) is 3.74. The van der Waals surface area contributed by atoms with E-state index in [4.69, 9.17) is 0 Å². The molecule has 28 heavy (non-hydrogen) atoms. The minimum atomic E-state index is -0.536. The summed E-state index contributed by atoms with van der Waals surface area (Å²) in [7, 11) is 1.79. The van der Waals surface area contributed by atoms with Gasteiger partial charge >= 0.3 is 0 Å². The van der Waals surface area contributed by atoms with Crippen molar-refractivity contribution in [2.75, 3.05) is 39.8 Å². The zero-order valence-corrected chi connectivity index (χ0v) is 16.5. The van der Waals surface area contributed by atoms with Crippen LogP contribution in [0.1, 0.15) is 24.9 Å². The highest BCUT2D eigenvalue weighted by atomic mass is 19.1. The SMILES string of the molecule is CCC(c1ccc(F)cc1F)N1CCN(C(=NC)NCCn2ccnc2)CC1. The molecule has 1 saturated heterocycles. The van der Waals surface area contributed by atoms with Gasteiger partial charge in [0.1, 0.15) is 11.6 Å². The van der Waals surface area contributed by atoms with Crippen LogP contribution in [-0.4, -0.2) is 65.1 Å². The van der Waals surface area contributed by atoms with Crippen LogP contribution < -0.4 is 5.32 Å². The van der Waals surface area contributed by atoms with Crippen molar-refractivity contribution in [1.82, 2.24) is 24.7 Å². The zero-order chi connectivity index (χ0) is 19.9. The van der Waals surface area contributed by atoms with Crippen LogP contribution >= 0.6 is 0 Å². The lowest BCUT2D eigenvalue weighted by molar-refractivity contribution is 0.124. The van der Waals surface area contributed by atoms with Gasteiger partial charge in [-0.1, -0.05) is 13.0 Å². The summed E-state index contributed by atoms with van der Waals surface area (Å²) in [6, 6.07) is 3.84. The van der Waals surface area contributed by atoms with Gasteiger partial charge in [0.25, 0.3) is 0 Å². The molecule has 6 nitrogen and oxygen atoms in total. The van der Waals surface area contributed by atoms with E-state index in [-0.39, 0.29) is 6.04 Å². The lowest BCUT2D eigenvalue weighted by atomic mass is 10.0. The first-order chi connectivity index (χ1) is 13.6. The fraction of sp³-hybridized carbons (Fsp3) is 0.500. The zero-order valence-electron chi connectivity index (χ0n) is 16.5. The molecule has 1 aliphatic heterocycles. The summed E-state index contributed by atoms with van der Waals surface area (Å²) < 4.78 is 29.5. The van der Waals surface area contributed by atoms with Crippen LogP contribution in [0.3, 0.4) is 0 Å². The summed E-state index contributed by atoms with van der Waals surface area (Å²) in [5, 5.41) is 3.39. The maximum Gasteiger partial charge on any atom is 0.193 e. The number of guanidine groups is 1. The van der Waals surface area contributed by atoms with Gasteiger partial charge in [-0.25, -0.2) is 13.8 Å². The van der Waals surface area contributed by atoms with E-state index >= 15 is 0 Å². The van der Waals surface area contributed by atoms with Crippen molar-refractivity contribution in [1.29, 1.82) is 0 Å². The van der Waals surface area contributed by atoms with Crippen molar-refractivity contribution in [2.24, 2.45) is 4.99 Å². The highest BCUT2D eigenvalue weighted by Crippen LogP contribution is 2.28. The van der Waals surface area contributed by atoms with E-state index in [0.29, 0.717) is 5.56 Å². The van der Waals surface area contributed by atoms with Crippen LogP contribution in [0.4, 0.5) is 8.78 Å². The molecule has 3 rings (SSSR count). The number of hydrogen-bond acceptors (Lipinski definition) is 3. The van der Waals surface area contributed by atoms with Crippen LogP contribution in [0.2, 0.25) is 0 Å². The van der Waals surface area contributed by atoms with Crippen LogP contribution in [-0.2, 0) is 6.54 Å². The Morgan fingerprint density at radius 1 is 1.25 bits per heavy atom. The fourth-order valence-corrected chi connectivity index (χ4v) is 3.74. The molecule has 1 aliphatic rings. The lowest BCUT2D eigenvalue weighted by Gasteiger charge is -2.40. The second kappa shape index (κ2) is 9.64. The standard InChI is InChI=1S/C20H28F2N6/c1-3-19(17-5-4-16(21)14-18(17)22)27-10-12-28(13-11-27)20(23-2)25-7-9-26-8-6-24-15-26/h4-6,8,14-15,19H,3,7,9-13H2,1-2H3,(H,23,25). The molecular weight excluding hydrogens is 362 g/mol. The third-order valence-corrected chi connectivity index (χ3v) is 5.19. The van der Waals surface area contributed by atoms with Gasteiger partial charge in [0.2, 0.25) is 0 Å². The van der Waals surface area contributed by atoms with Crippen molar-refractivity contribution < 1.29 is 8.78 Å². The van der Waals surface area contributed by atoms with E-state index < -0.39 is 11.6 Å². The smallest absolute Gasteiger partial charge is 0.193 e. The number of imidazole rings is 1. The van der Waals surface area contributed by atoms with Crippen LogP contribution in [0, 0.1) is 11.6 Å². The predicted octanol–water partition coefficient (Wildman–Crippen LogP) is 2.51. The molecule has 0 amide bonds. The summed E-state index contributed by atoms with van der Waals surface area (Å²) in [5.74, 6) is -0.126. The van der Waals surface area contributed by atoms with E-state index in [2.05, 4.69) is 25.1 Å². The topological polar surface area (TPSA) is 48.7 Å². The lowest BCUT2D eigenvalue weighted by Crippen LogP contribution is -2.53. The van der Waals surface area contributed by atoms with Gasteiger partial charge in [-0.05, 0) is 12.5 Å². The van der Waals surface area contributed by atoms with Gasteiger partial charge in [-0.15, -0.1) is 0 Å². The Morgan fingerprint density at radius 3 is 2.64 bits per heavy atom. The van der Waals surface area contributed by atoms with Gasteiger partial charge in [0.05, 0.1) is 6.33 Å². The molecule has 2 heterocycles. The first kappa shape index (κ1) is 20.3. The van der Waals surface area contributed by atoms with E-state index in [9.17, 15) is 8.78 Å². The van der Waals surface area contributed by atoms with Crippen LogP contribution in [0.25, 0.3) is 0 Å². The first-order valence-electron chi connectivity index (χ1n) is 9.72. The molecule has 152 valence electrons. The van der Waals surface area contributed by atoms with Crippen molar-refractivity contribution in [2.45, 2.75) is 25.9 Å². The molecule has 1 N–H and O–H groups in total. The number of hydrogen-bond donors (Lipinski definition) is 1. The summed E-state index contributed by atoms with van der Waals surface area (Å²) in [6.45, 7) is 6.85. The summed E-state index contributed by atoms with van der Waals surface area (Å²) in [5.41, 5.74) is 0.570.